The van der Waals surface area contributed by atoms with Gasteiger partial charge in [0.2, 0.25) is 0 Å². The molecule has 1 aliphatic heterocycles. The summed E-state index contributed by atoms with van der Waals surface area (Å²) in [4.78, 5) is 19.8. The number of carboxylic acids is 1. The second-order valence-electron chi connectivity index (χ2n) is 5.84. The van der Waals surface area contributed by atoms with E-state index in [4.69, 9.17) is 5.11 Å². The summed E-state index contributed by atoms with van der Waals surface area (Å²) in [6, 6.07) is 13.9. The summed E-state index contributed by atoms with van der Waals surface area (Å²) in [7, 11) is 0. The number of pyridine rings is 1. The highest BCUT2D eigenvalue weighted by atomic mass is 16.4. The van der Waals surface area contributed by atoms with E-state index in [0.29, 0.717) is 0 Å². The fourth-order valence-electron chi connectivity index (χ4n) is 2.87. The second-order valence-corrected chi connectivity index (χ2v) is 5.84. The van der Waals surface area contributed by atoms with Crippen molar-refractivity contribution >= 4 is 11.8 Å². The largest absolute Gasteiger partial charge is 0.481 e. The monoisotopic (exact) mass is 311 g/mol. The average molecular weight is 311 g/mol. The Morgan fingerprint density at radius 2 is 1.70 bits per heavy atom. The van der Waals surface area contributed by atoms with Gasteiger partial charge in [-0.1, -0.05) is 30.3 Å². The fourth-order valence-corrected chi connectivity index (χ4v) is 2.87. The smallest absolute Gasteiger partial charge is 0.307 e. The van der Waals surface area contributed by atoms with Crippen LogP contribution < -0.4 is 4.90 Å². The van der Waals surface area contributed by atoms with Crippen LogP contribution in [0.1, 0.15) is 11.1 Å². The number of hydrogen-bond donors (Lipinski definition) is 1. The van der Waals surface area contributed by atoms with Crippen molar-refractivity contribution in [3.05, 3.63) is 59.8 Å². The molecule has 1 aromatic heterocycles. The van der Waals surface area contributed by atoms with Gasteiger partial charge in [-0.05, 0) is 23.3 Å². The number of hydrogen-bond acceptors (Lipinski definition) is 4. The third-order valence-electron chi connectivity index (χ3n) is 4.13. The van der Waals surface area contributed by atoms with Crippen molar-refractivity contribution in [1.82, 2.24) is 9.88 Å². The third kappa shape index (κ3) is 4.29. The molecule has 0 saturated carbocycles. The van der Waals surface area contributed by atoms with E-state index >= 15 is 0 Å². The van der Waals surface area contributed by atoms with E-state index < -0.39 is 5.97 Å². The molecule has 0 spiro atoms. The standard InChI is InChI=1S/C18H21N3O2/c22-18(23)13-15-4-6-16(7-5-15)14-20-9-11-21(12-10-20)17-3-1-2-8-19-17/h1-8H,9-14H2,(H,22,23). The van der Waals surface area contributed by atoms with Crippen LogP contribution in [0.3, 0.4) is 0 Å². The zero-order valence-corrected chi connectivity index (χ0v) is 13.1. The van der Waals surface area contributed by atoms with Crippen LogP contribution >= 0.6 is 0 Å². The SMILES string of the molecule is O=C(O)Cc1ccc(CN2CCN(c3ccccn3)CC2)cc1. The Labute approximate surface area is 136 Å². The summed E-state index contributed by atoms with van der Waals surface area (Å²) >= 11 is 0. The number of carbonyl (C=O) groups is 1. The van der Waals surface area contributed by atoms with Crippen LogP contribution in [-0.4, -0.2) is 47.1 Å². The number of aliphatic carboxylic acids is 1. The fraction of sp³-hybridized carbons (Fsp3) is 0.333. The maximum absolute atomic E-state index is 10.7. The molecule has 120 valence electrons. The zero-order valence-electron chi connectivity index (χ0n) is 13.1. The Kier molecular flexibility index (Phi) is 4.88. The zero-order chi connectivity index (χ0) is 16.1. The van der Waals surface area contributed by atoms with Crippen molar-refractivity contribution in [3.63, 3.8) is 0 Å². The molecule has 0 aliphatic carbocycles. The van der Waals surface area contributed by atoms with Gasteiger partial charge < -0.3 is 10.0 Å². The lowest BCUT2D eigenvalue weighted by atomic mass is 10.1. The van der Waals surface area contributed by atoms with Gasteiger partial charge in [0.15, 0.2) is 0 Å². The van der Waals surface area contributed by atoms with Crippen LogP contribution in [-0.2, 0) is 17.8 Å². The van der Waals surface area contributed by atoms with Crippen LogP contribution in [0.15, 0.2) is 48.7 Å². The number of anilines is 1. The van der Waals surface area contributed by atoms with Gasteiger partial charge in [0.1, 0.15) is 5.82 Å². The topological polar surface area (TPSA) is 56.7 Å². The summed E-state index contributed by atoms with van der Waals surface area (Å²) in [5, 5.41) is 8.80. The molecule has 5 heteroatoms. The highest BCUT2D eigenvalue weighted by Crippen LogP contribution is 2.15. The Bertz CT molecular complexity index is 635. The maximum Gasteiger partial charge on any atom is 0.307 e. The van der Waals surface area contributed by atoms with Gasteiger partial charge >= 0.3 is 5.97 Å². The van der Waals surface area contributed by atoms with E-state index in [0.717, 1.165) is 44.1 Å². The first-order valence-electron chi connectivity index (χ1n) is 7.88. The van der Waals surface area contributed by atoms with Crippen LogP contribution in [0.5, 0.6) is 0 Å². The molecule has 5 nitrogen and oxygen atoms in total. The molecule has 0 amide bonds. The summed E-state index contributed by atoms with van der Waals surface area (Å²) in [5.74, 6) is 0.258. The van der Waals surface area contributed by atoms with Gasteiger partial charge in [0.25, 0.3) is 0 Å². The Morgan fingerprint density at radius 1 is 1.00 bits per heavy atom. The number of carboxylic acid groups (broad SMARTS) is 1. The van der Waals surface area contributed by atoms with Crippen LogP contribution in [0.2, 0.25) is 0 Å². The van der Waals surface area contributed by atoms with Gasteiger partial charge in [-0.25, -0.2) is 4.98 Å². The molecule has 1 aromatic carbocycles. The van der Waals surface area contributed by atoms with E-state index in [1.54, 1.807) is 0 Å². The minimum absolute atomic E-state index is 0.0863. The molecular weight excluding hydrogens is 290 g/mol. The second kappa shape index (κ2) is 7.24. The molecule has 3 rings (SSSR count). The lowest BCUT2D eigenvalue weighted by Gasteiger charge is -2.35. The Balaban J connectivity index is 1.51. The van der Waals surface area contributed by atoms with Gasteiger partial charge in [-0.3, -0.25) is 9.69 Å². The summed E-state index contributed by atoms with van der Waals surface area (Å²) in [6.45, 7) is 4.88. The summed E-state index contributed by atoms with van der Waals surface area (Å²) in [6.07, 6.45) is 1.92. The average Bonchev–Trinajstić information content (AvgIpc) is 2.58. The number of piperazine rings is 1. The summed E-state index contributed by atoms with van der Waals surface area (Å²) < 4.78 is 0. The minimum Gasteiger partial charge on any atom is -0.481 e. The molecular formula is C18H21N3O2. The van der Waals surface area contributed by atoms with Crippen molar-refractivity contribution in [3.8, 4) is 0 Å². The molecule has 1 N–H and O–H groups in total. The van der Waals surface area contributed by atoms with Crippen LogP contribution in [0.25, 0.3) is 0 Å². The Hall–Kier alpha value is -2.40. The minimum atomic E-state index is -0.789. The lowest BCUT2D eigenvalue weighted by molar-refractivity contribution is -0.136. The van der Waals surface area contributed by atoms with Gasteiger partial charge in [-0.15, -0.1) is 0 Å². The third-order valence-corrected chi connectivity index (χ3v) is 4.13. The molecule has 1 aliphatic rings. The van der Waals surface area contributed by atoms with Crippen molar-refractivity contribution in [1.29, 1.82) is 0 Å². The predicted molar refractivity (Wildman–Crippen MR) is 89.5 cm³/mol. The quantitative estimate of drug-likeness (QED) is 0.915. The Morgan fingerprint density at radius 3 is 2.30 bits per heavy atom. The van der Waals surface area contributed by atoms with Crippen molar-refractivity contribution < 1.29 is 9.90 Å². The predicted octanol–water partition coefficient (Wildman–Crippen LogP) is 2.03. The molecule has 2 aromatic rings. The first-order valence-corrected chi connectivity index (χ1v) is 7.88. The van der Waals surface area contributed by atoms with Gasteiger partial charge in [-0.2, -0.15) is 0 Å². The van der Waals surface area contributed by atoms with E-state index in [-0.39, 0.29) is 6.42 Å². The number of aromatic nitrogens is 1. The van der Waals surface area contributed by atoms with Gasteiger partial charge in [0.05, 0.1) is 6.42 Å². The lowest BCUT2D eigenvalue weighted by Crippen LogP contribution is -2.46. The normalized spacial score (nSPS) is 15.6. The number of nitrogens with zero attached hydrogens (tertiary/aromatic N) is 3. The number of rotatable bonds is 5. The molecule has 1 fully saturated rings. The first kappa shape index (κ1) is 15.5. The molecule has 23 heavy (non-hydrogen) atoms. The highest BCUT2D eigenvalue weighted by molar-refractivity contribution is 5.70. The van der Waals surface area contributed by atoms with Crippen LogP contribution in [0, 0.1) is 0 Å². The summed E-state index contributed by atoms with van der Waals surface area (Å²) in [5.41, 5.74) is 2.08. The molecule has 1 saturated heterocycles. The van der Waals surface area contributed by atoms with Crippen molar-refractivity contribution in [2.24, 2.45) is 0 Å². The molecule has 0 atom stereocenters. The number of benzene rings is 1. The molecule has 2 heterocycles. The van der Waals surface area contributed by atoms with Gasteiger partial charge in [0, 0.05) is 38.9 Å². The van der Waals surface area contributed by atoms with Crippen LogP contribution in [0.4, 0.5) is 5.82 Å². The first-order chi connectivity index (χ1) is 11.2. The van der Waals surface area contributed by atoms with E-state index in [9.17, 15) is 4.79 Å². The van der Waals surface area contributed by atoms with Crippen molar-refractivity contribution in [2.75, 3.05) is 31.1 Å². The maximum atomic E-state index is 10.7. The van der Waals surface area contributed by atoms with E-state index in [2.05, 4.69) is 20.9 Å². The van der Waals surface area contributed by atoms with Crippen molar-refractivity contribution in [2.45, 2.75) is 13.0 Å². The van der Waals surface area contributed by atoms with E-state index in [1.807, 2.05) is 42.6 Å². The molecule has 0 unspecified atom stereocenters. The van der Waals surface area contributed by atoms with E-state index in [1.165, 1.54) is 5.56 Å². The molecule has 0 radical (unpaired) electrons. The molecule has 0 bridgehead atoms. The highest BCUT2D eigenvalue weighted by Gasteiger charge is 2.17.